The molecule has 0 spiro atoms. The van der Waals surface area contributed by atoms with E-state index in [0.29, 0.717) is 35.8 Å². The second kappa shape index (κ2) is 11.7. The zero-order chi connectivity index (χ0) is 26.6. The average Bonchev–Trinajstić information content (AvgIpc) is 3.44. The topological polar surface area (TPSA) is 54.8 Å². The maximum Gasteiger partial charge on any atom is 0.129 e. The van der Waals surface area contributed by atoms with E-state index in [-0.39, 0.29) is 6.10 Å². The number of aromatic nitrogens is 1. The predicted octanol–water partition coefficient (Wildman–Crippen LogP) is 8.24. The van der Waals surface area contributed by atoms with Crippen LogP contribution in [-0.4, -0.2) is 23.0 Å². The lowest BCUT2D eigenvalue weighted by molar-refractivity contribution is 0.189. The molecule has 0 saturated heterocycles. The van der Waals surface area contributed by atoms with Crippen molar-refractivity contribution in [2.24, 2.45) is 5.18 Å². The molecule has 200 valence electrons. The molecule has 3 aromatic rings. The molecule has 6 heteroatoms. The van der Waals surface area contributed by atoms with E-state index in [9.17, 15) is 4.91 Å². The average molecular weight is 516 g/mol. The molecule has 0 aliphatic heterocycles. The van der Waals surface area contributed by atoms with Crippen LogP contribution < -0.4 is 4.74 Å². The fraction of sp³-hybridized carbons (Fsp3) is 0.469. The smallest absolute Gasteiger partial charge is 0.129 e. The van der Waals surface area contributed by atoms with Gasteiger partial charge in [0.05, 0.1) is 11.8 Å². The van der Waals surface area contributed by atoms with Gasteiger partial charge in [0.1, 0.15) is 17.6 Å². The Kier molecular flexibility index (Phi) is 8.18. The van der Waals surface area contributed by atoms with E-state index in [2.05, 4.69) is 41.4 Å². The third kappa shape index (κ3) is 5.37. The van der Waals surface area contributed by atoms with Crippen LogP contribution in [0.4, 0.5) is 4.39 Å². The molecule has 1 heterocycles. The number of fused-ring (bicyclic) bond motifs is 1. The van der Waals surface area contributed by atoms with Crippen molar-refractivity contribution in [2.75, 3.05) is 7.05 Å². The number of nitrogens with zero attached hydrogens (tertiary/aromatic N) is 3. The van der Waals surface area contributed by atoms with Gasteiger partial charge in [-0.05, 0) is 82.5 Å². The fourth-order valence-electron chi connectivity index (χ4n) is 6.27. The third-order valence-corrected chi connectivity index (χ3v) is 8.34. The SMILES string of the molecule is CCC(N=O)c1c(F)cccc1-c1cc(OC2CCCC2)c(CN(C)C2CCCc3ccccc32)c(C)n1. The van der Waals surface area contributed by atoms with Gasteiger partial charge in [-0.2, -0.15) is 4.91 Å². The van der Waals surface area contributed by atoms with E-state index in [1.165, 1.54) is 36.5 Å². The molecule has 0 radical (unpaired) electrons. The van der Waals surface area contributed by atoms with Gasteiger partial charge in [0, 0.05) is 41.0 Å². The van der Waals surface area contributed by atoms with Crippen molar-refractivity contribution in [3.63, 3.8) is 0 Å². The summed E-state index contributed by atoms with van der Waals surface area (Å²) >= 11 is 0. The Balaban J connectivity index is 1.54. The monoisotopic (exact) mass is 515 g/mol. The minimum absolute atomic E-state index is 0.177. The van der Waals surface area contributed by atoms with Gasteiger partial charge < -0.3 is 4.74 Å². The fourth-order valence-corrected chi connectivity index (χ4v) is 6.27. The normalized spacial score (nSPS) is 18.4. The van der Waals surface area contributed by atoms with Crippen molar-refractivity contribution in [2.45, 2.75) is 89.9 Å². The van der Waals surface area contributed by atoms with Crippen LogP contribution in [0.3, 0.4) is 0 Å². The van der Waals surface area contributed by atoms with Gasteiger partial charge in [-0.1, -0.05) is 48.5 Å². The number of hydrogen-bond donors (Lipinski definition) is 0. The second-order valence-corrected chi connectivity index (χ2v) is 10.8. The van der Waals surface area contributed by atoms with E-state index in [0.717, 1.165) is 42.7 Å². The van der Waals surface area contributed by atoms with Gasteiger partial charge >= 0.3 is 0 Å². The van der Waals surface area contributed by atoms with Crippen LogP contribution in [0.2, 0.25) is 0 Å². The van der Waals surface area contributed by atoms with Crippen molar-refractivity contribution in [3.05, 3.63) is 87.2 Å². The van der Waals surface area contributed by atoms with E-state index in [4.69, 9.17) is 9.72 Å². The van der Waals surface area contributed by atoms with Gasteiger partial charge in [-0.25, -0.2) is 4.39 Å². The first kappa shape index (κ1) is 26.5. The first-order chi connectivity index (χ1) is 18.5. The number of hydrogen-bond acceptors (Lipinski definition) is 5. The van der Waals surface area contributed by atoms with E-state index in [1.807, 2.05) is 26.0 Å². The molecule has 0 N–H and O–H groups in total. The van der Waals surface area contributed by atoms with Crippen LogP contribution >= 0.6 is 0 Å². The van der Waals surface area contributed by atoms with Gasteiger partial charge in [0.2, 0.25) is 0 Å². The third-order valence-electron chi connectivity index (χ3n) is 8.34. The summed E-state index contributed by atoms with van der Waals surface area (Å²) in [5.41, 5.74) is 6.35. The van der Waals surface area contributed by atoms with E-state index >= 15 is 4.39 Å². The van der Waals surface area contributed by atoms with E-state index in [1.54, 1.807) is 6.07 Å². The molecular weight excluding hydrogens is 477 g/mol. The highest BCUT2D eigenvalue weighted by molar-refractivity contribution is 5.67. The molecule has 0 amide bonds. The molecular formula is C32H38FN3O2. The lowest BCUT2D eigenvalue weighted by Gasteiger charge is -2.34. The molecule has 2 unspecified atom stereocenters. The summed E-state index contributed by atoms with van der Waals surface area (Å²) in [5.74, 6) is 0.393. The summed E-state index contributed by atoms with van der Waals surface area (Å²) < 4.78 is 21.6. The molecule has 5 rings (SSSR count). The van der Waals surface area contributed by atoms with Gasteiger partial charge in [-0.15, -0.1) is 0 Å². The molecule has 38 heavy (non-hydrogen) atoms. The molecule has 2 aliphatic carbocycles. The minimum atomic E-state index is -0.760. The number of halogens is 1. The summed E-state index contributed by atoms with van der Waals surface area (Å²) in [4.78, 5) is 19.0. The zero-order valence-corrected chi connectivity index (χ0v) is 22.8. The van der Waals surface area contributed by atoms with Crippen molar-refractivity contribution in [1.82, 2.24) is 9.88 Å². The lowest BCUT2D eigenvalue weighted by atomic mass is 9.87. The van der Waals surface area contributed by atoms with Crippen molar-refractivity contribution < 1.29 is 9.13 Å². The molecule has 2 aliphatic rings. The highest BCUT2D eigenvalue weighted by Gasteiger charge is 2.27. The van der Waals surface area contributed by atoms with Crippen LogP contribution in [0.25, 0.3) is 11.3 Å². The number of nitroso groups, excluding NO2 is 1. The number of aryl methyl sites for hydroxylation is 2. The Morgan fingerprint density at radius 3 is 2.66 bits per heavy atom. The Morgan fingerprint density at radius 2 is 1.89 bits per heavy atom. The molecule has 5 nitrogen and oxygen atoms in total. The first-order valence-electron chi connectivity index (χ1n) is 14.1. The molecule has 2 atom stereocenters. The summed E-state index contributed by atoms with van der Waals surface area (Å²) in [5, 5.41) is 3.22. The summed E-state index contributed by atoms with van der Waals surface area (Å²) in [6.07, 6.45) is 8.47. The number of benzene rings is 2. The number of rotatable bonds is 9. The minimum Gasteiger partial charge on any atom is -0.490 e. The van der Waals surface area contributed by atoms with Crippen LogP contribution in [0.1, 0.15) is 91.9 Å². The Hall–Kier alpha value is -3.12. The number of pyridine rings is 1. The summed E-state index contributed by atoms with van der Waals surface area (Å²) in [6.45, 7) is 4.57. The molecule has 0 bridgehead atoms. The van der Waals surface area contributed by atoms with Gasteiger partial charge in [0.15, 0.2) is 0 Å². The summed E-state index contributed by atoms with van der Waals surface area (Å²) in [6, 6.07) is 15.2. The number of ether oxygens (including phenoxy) is 1. The van der Waals surface area contributed by atoms with Crippen LogP contribution in [0.15, 0.2) is 53.7 Å². The largest absolute Gasteiger partial charge is 0.490 e. The van der Waals surface area contributed by atoms with E-state index < -0.39 is 11.9 Å². The van der Waals surface area contributed by atoms with Crippen molar-refractivity contribution >= 4 is 0 Å². The molecule has 1 saturated carbocycles. The molecule has 1 aromatic heterocycles. The maximum absolute atomic E-state index is 15.0. The first-order valence-corrected chi connectivity index (χ1v) is 14.1. The van der Waals surface area contributed by atoms with Crippen molar-refractivity contribution in [1.29, 1.82) is 0 Å². The van der Waals surface area contributed by atoms with Crippen LogP contribution in [0.5, 0.6) is 5.75 Å². The highest BCUT2D eigenvalue weighted by atomic mass is 19.1. The van der Waals surface area contributed by atoms with Crippen LogP contribution in [-0.2, 0) is 13.0 Å². The predicted molar refractivity (Wildman–Crippen MR) is 150 cm³/mol. The lowest BCUT2D eigenvalue weighted by Crippen LogP contribution is -2.28. The standard InChI is InChI=1S/C32H38FN3O2/c1-4-28(35-37)32-25(16-10-17-27(32)33)29-19-31(38-23-13-6-7-14-23)26(21(2)34-29)20-36(3)30-18-9-12-22-11-5-8-15-24(22)30/h5,8,10-11,15-17,19,23,28,30H,4,6-7,9,12-14,18,20H2,1-3H3. The Morgan fingerprint density at radius 1 is 1.11 bits per heavy atom. The Bertz CT molecular complexity index is 1290. The van der Waals surface area contributed by atoms with Gasteiger partial charge in [-0.3, -0.25) is 9.88 Å². The van der Waals surface area contributed by atoms with Crippen molar-refractivity contribution in [3.8, 4) is 17.0 Å². The van der Waals surface area contributed by atoms with Crippen LogP contribution in [0, 0.1) is 17.6 Å². The summed E-state index contributed by atoms with van der Waals surface area (Å²) in [7, 11) is 2.19. The molecule has 1 fully saturated rings. The quantitative estimate of drug-likeness (QED) is 0.269. The second-order valence-electron chi connectivity index (χ2n) is 10.8. The maximum atomic E-state index is 15.0. The Labute approximate surface area is 225 Å². The highest BCUT2D eigenvalue weighted by Crippen LogP contribution is 2.39. The van der Waals surface area contributed by atoms with Gasteiger partial charge in [0.25, 0.3) is 0 Å². The zero-order valence-electron chi connectivity index (χ0n) is 22.8. The molecule has 2 aromatic carbocycles.